The maximum atomic E-state index is 13.1. The van der Waals surface area contributed by atoms with Crippen LogP contribution in [0, 0.1) is 0 Å². The minimum Gasteiger partial charge on any atom is -0.389 e. The Morgan fingerprint density at radius 1 is 0.700 bits per heavy atom. The van der Waals surface area contributed by atoms with Crippen LogP contribution < -0.4 is 5.43 Å². The van der Waals surface area contributed by atoms with Crippen molar-refractivity contribution in [1.82, 2.24) is 18.9 Å². The van der Waals surface area contributed by atoms with Crippen LogP contribution in [0.2, 0.25) is 0 Å². The van der Waals surface area contributed by atoms with Gasteiger partial charge in [-0.05, 0) is 36.4 Å². The Balaban J connectivity index is 1.39. The fourth-order valence-corrected chi connectivity index (χ4v) is 5.44. The Labute approximate surface area is 228 Å². The predicted octanol–water partition coefficient (Wildman–Crippen LogP) is 3.60. The SMILES string of the molecule is CN1C(=O)C(=Cc2cn(C[C@@H](O)Cn3c4ccccc4c(=O)c4ccccc43)c3ccccc23)C(=O)N(C)C1=O. The summed E-state index contributed by atoms with van der Waals surface area (Å²) in [7, 11) is 2.68. The molecule has 1 N–H and O–H groups in total. The number of para-hydroxylation sites is 3. The van der Waals surface area contributed by atoms with E-state index in [4.69, 9.17) is 0 Å². The molecule has 9 heteroatoms. The number of aliphatic hydroxyl groups excluding tert-OH is 1. The van der Waals surface area contributed by atoms with Gasteiger partial charge in [-0.2, -0.15) is 0 Å². The van der Waals surface area contributed by atoms with E-state index in [-0.39, 0.29) is 24.1 Å². The van der Waals surface area contributed by atoms with E-state index in [9.17, 15) is 24.3 Å². The van der Waals surface area contributed by atoms with E-state index in [1.165, 1.54) is 20.2 Å². The molecule has 0 spiro atoms. The molecule has 9 nitrogen and oxygen atoms in total. The minimum absolute atomic E-state index is 0.0455. The first-order chi connectivity index (χ1) is 19.3. The fourth-order valence-electron chi connectivity index (χ4n) is 5.44. The van der Waals surface area contributed by atoms with Crippen molar-refractivity contribution in [2.75, 3.05) is 14.1 Å². The highest BCUT2D eigenvalue weighted by Crippen LogP contribution is 2.27. The Kier molecular flexibility index (Phi) is 6.08. The maximum Gasteiger partial charge on any atom is 0.333 e. The second kappa shape index (κ2) is 9.62. The lowest BCUT2D eigenvalue weighted by molar-refractivity contribution is -0.134. The summed E-state index contributed by atoms with van der Waals surface area (Å²) in [6.45, 7) is 0.456. The number of carbonyl (C=O) groups excluding carboxylic acids is 3. The summed E-state index contributed by atoms with van der Waals surface area (Å²) in [4.78, 5) is 52.6. The Bertz CT molecular complexity index is 1860. The number of aliphatic hydroxyl groups is 1. The maximum absolute atomic E-state index is 13.1. The molecule has 1 atom stereocenters. The predicted molar refractivity (Wildman–Crippen MR) is 153 cm³/mol. The third-order valence-corrected chi connectivity index (χ3v) is 7.44. The lowest BCUT2D eigenvalue weighted by Gasteiger charge is -2.28. The molecule has 2 aromatic heterocycles. The topological polar surface area (TPSA) is 105 Å². The van der Waals surface area contributed by atoms with Gasteiger partial charge < -0.3 is 14.2 Å². The summed E-state index contributed by atoms with van der Waals surface area (Å²) < 4.78 is 3.85. The van der Waals surface area contributed by atoms with E-state index < -0.39 is 23.9 Å². The van der Waals surface area contributed by atoms with Crippen molar-refractivity contribution >= 4 is 56.6 Å². The number of hydrogen-bond donors (Lipinski definition) is 1. The zero-order chi connectivity index (χ0) is 28.1. The Hall–Kier alpha value is -5.02. The van der Waals surface area contributed by atoms with E-state index in [0.717, 1.165) is 31.7 Å². The molecule has 6 rings (SSSR count). The first kappa shape index (κ1) is 25.3. The van der Waals surface area contributed by atoms with Crippen molar-refractivity contribution in [3.8, 4) is 0 Å². The number of aromatic nitrogens is 2. The van der Waals surface area contributed by atoms with Gasteiger partial charge in [0, 0.05) is 47.5 Å². The summed E-state index contributed by atoms with van der Waals surface area (Å²) in [5.74, 6) is -1.33. The minimum atomic E-state index is -0.835. The molecule has 0 unspecified atom stereocenters. The van der Waals surface area contributed by atoms with Gasteiger partial charge in [-0.1, -0.05) is 42.5 Å². The average molecular weight is 535 g/mol. The Morgan fingerprint density at radius 2 is 1.20 bits per heavy atom. The molecule has 3 heterocycles. The van der Waals surface area contributed by atoms with Gasteiger partial charge in [0.1, 0.15) is 5.57 Å². The third-order valence-electron chi connectivity index (χ3n) is 7.44. The van der Waals surface area contributed by atoms with Gasteiger partial charge in [0.2, 0.25) is 0 Å². The number of imide groups is 2. The summed E-state index contributed by atoms with van der Waals surface area (Å²) in [5.41, 5.74) is 2.76. The van der Waals surface area contributed by atoms with Crippen molar-refractivity contribution in [3.63, 3.8) is 0 Å². The molecule has 1 saturated heterocycles. The van der Waals surface area contributed by atoms with Crippen LogP contribution in [0.5, 0.6) is 0 Å². The lowest BCUT2D eigenvalue weighted by Crippen LogP contribution is -2.52. The van der Waals surface area contributed by atoms with Crippen LogP contribution in [0.3, 0.4) is 0 Å². The van der Waals surface area contributed by atoms with Crippen LogP contribution in [-0.4, -0.2) is 62.1 Å². The standard InChI is InChI=1S/C31H26N4O5/c1-32-29(38)24(30(39)33(2)31(32)40)15-19-16-34(25-12-6-3-9-21(19)25)17-20(36)18-35-26-13-7-4-10-22(26)28(37)23-11-5-8-14-27(23)35/h3-16,20,36H,17-18H2,1-2H3/t20-/m1/s1. The van der Waals surface area contributed by atoms with Gasteiger partial charge >= 0.3 is 6.03 Å². The van der Waals surface area contributed by atoms with Crippen molar-refractivity contribution in [2.45, 2.75) is 19.2 Å². The van der Waals surface area contributed by atoms with Gasteiger partial charge in [0.15, 0.2) is 5.43 Å². The molecule has 1 aliphatic heterocycles. The number of carbonyl (C=O) groups is 3. The molecule has 0 bridgehead atoms. The summed E-state index contributed by atoms with van der Waals surface area (Å²) in [6, 6.07) is 21.6. The molecule has 0 radical (unpaired) electrons. The van der Waals surface area contributed by atoms with E-state index in [1.807, 2.05) is 69.8 Å². The number of amides is 4. The smallest absolute Gasteiger partial charge is 0.333 e. The van der Waals surface area contributed by atoms with E-state index in [2.05, 4.69) is 0 Å². The number of urea groups is 1. The molecule has 4 amide bonds. The number of fused-ring (bicyclic) bond motifs is 3. The average Bonchev–Trinajstić information content (AvgIpc) is 3.32. The quantitative estimate of drug-likeness (QED) is 0.211. The molecule has 1 aliphatic rings. The number of likely N-dealkylation sites (N-methyl/N-ethyl adjacent to an activating group) is 2. The van der Waals surface area contributed by atoms with Crippen LogP contribution in [-0.2, 0) is 22.7 Å². The van der Waals surface area contributed by atoms with E-state index in [1.54, 1.807) is 18.3 Å². The van der Waals surface area contributed by atoms with E-state index in [0.29, 0.717) is 16.3 Å². The highest BCUT2D eigenvalue weighted by Gasteiger charge is 2.38. The molecule has 200 valence electrons. The first-order valence-electron chi connectivity index (χ1n) is 12.8. The van der Waals surface area contributed by atoms with Crippen LogP contribution in [0.25, 0.3) is 38.8 Å². The summed E-state index contributed by atoms with van der Waals surface area (Å²) in [5, 5.41) is 13.3. The number of rotatable bonds is 5. The molecular formula is C31H26N4O5. The van der Waals surface area contributed by atoms with Crippen LogP contribution in [0.15, 0.2) is 89.4 Å². The van der Waals surface area contributed by atoms with E-state index >= 15 is 0 Å². The van der Waals surface area contributed by atoms with Crippen LogP contribution in [0.1, 0.15) is 5.56 Å². The molecule has 1 fully saturated rings. The number of benzene rings is 3. The monoisotopic (exact) mass is 534 g/mol. The third kappa shape index (κ3) is 3.99. The van der Waals surface area contributed by atoms with Crippen LogP contribution in [0.4, 0.5) is 4.79 Å². The number of pyridine rings is 1. The van der Waals surface area contributed by atoms with Gasteiger partial charge in [-0.3, -0.25) is 24.2 Å². The molecule has 40 heavy (non-hydrogen) atoms. The zero-order valence-corrected chi connectivity index (χ0v) is 21.9. The number of hydrogen-bond acceptors (Lipinski definition) is 5. The van der Waals surface area contributed by atoms with Gasteiger partial charge in [-0.15, -0.1) is 0 Å². The lowest BCUT2D eigenvalue weighted by atomic mass is 10.1. The van der Waals surface area contributed by atoms with Crippen molar-refractivity contribution < 1.29 is 19.5 Å². The zero-order valence-electron chi connectivity index (χ0n) is 21.9. The molecule has 0 aliphatic carbocycles. The molecule has 0 saturated carbocycles. The first-order valence-corrected chi connectivity index (χ1v) is 12.8. The highest BCUT2D eigenvalue weighted by molar-refractivity contribution is 6.31. The largest absolute Gasteiger partial charge is 0.389 e. The Morgan fingerprint density at radius 3 is 1.77 bits per heavy atom. The van der Waals surface area contributed by atoms with Crippen molar-refractivity contribution in [3.05, 3.63) is 100 Å². The summed E-state index contributed by atoms with van der Waals surface area (Å²) in [6.07, 6.45) is 2.45. The fraction of sp³-hybridized carbons (Fsp3) is 0.161. The second-order valence-corrected chi connectivity index (χ2v) is 9.95. The summed E-state index contributed by atoms with van der Waals surface area (Å²) >= 11 is 0. The molecular weight excluding hydrogens is 508 g/mol. The van der Waals surface area contributed by atoms with Crippen molar-refractivity contribution in [2.24, 2.45) is 0 Å². The number of nitrogens with zero attached hydrogens (tertiary/aromatic N) is 4. The normalized spacial score (nSPS) is 15.1. The second-order valence-electron chi connectivity index (χ2n) is 9.95. The van der Waals surface area contributed by atoms with Gasteiger partial charge in [0.05, 0.1) is 30.2 Å². The molecule has 3 aromatic carbocycles. The highest BCUT2D eigenvalue weighted by atomic mass is 16.3. The van der Waals surface area contributed by atoms with Crippen molar-refractivity contribution in [1.29, 1.82) is 0 Å². The molecule has 5 aromatic rings. The van der Waals surface area contributed by atoms with Crippen LogP contribution >= 0.6 is 0 Å². The van der Waals surface area contributed by atoms with Gasteiger partial charge in [-0.25, -0.2) is 4.79 Å². The number of barbiturate groups is 1. The van der Waals surface area contributed by atoms with Gasteiger partial charge in [0.25, 0.3) is 11.8 Å².